The molecular formula is C14H21N3O2S. The van der Waals surface area contributed by atoms with E-state index in [0.29, 0.717) is 19.4 Å². The van der Waals surface area contributed by atoms with E-state index in [2.05, 4.69) is 10.5 Å². The van der Waals surface area contributed by atoms with Gasteiger partial charge in [-0.25, -0.2) is 0 Å². The summed E-state index contributed by atoms with van der Waals surface area (Å²) in [6, 6.07) is 4.05. The Bertz CT molecular complexity index is 504. The summed E-state index contributed by atoms with van der Waals surface area (Å²) in [5, 5.41) is 15.0. The number of nitrogens with zero attached hydrogens (tertiary/aromatic N) is 1. The molecule has 20 heavy (non-hydrogen) atoms. The van der Waals surface area contributed by atoms with Crippen LogP contribution in [0.25, 0.3) is 0 Å². The van der Waals surface area contributed by atoms with Gasteiger partial charge in [0.2, 0.25) is 5.91 Å². The molecule has 0 bridgehead atoms. The number of amides is 1. The summed E-state index contributed by atoms with van der Waals surface area (Å²) in [6.07, 6.45) is 4.26. The average Bonchev–Trinajstić information content (AvgIpc) is 2.90. The molecular weight excluding hydrogens is 274 g/mol. The van der Waals surface area contributed by atoms with E-state index in [0.717, 1.165) is 24.1 Å². The summed E-state index contributed by atoms with van der Waals surface area (Å²) < 4.78 is 0. The van der Waals surface area contributed by atoms with Crippen molar-refractivity contribution in [3.8, 4) is 0 Å². The van der Waals surface area contributed by atoms with Gasteiger partial charge in [-0.05, 0) is 31.9 Å². The van der Waals surface area contributed by atoms with E-state index in [1.807, 2.05) is 19.1 Å². The maximum atomic E-state index is 12.5. The second-order valence-corrected chi connectivity index (χ2v) is 6.70. The summed E-state index contributed by atoms with van der Waals surface area (Å²) in [6.45, 7) is 2.53. The monoisotopic (exact) mass is 295 g/mol. The Kier molecular flexibility index (Phi) is 4.65. The number of thiophene rings is 1. The second-order valence-electron chi connectivity index (χ2n) is 5.32. The van der Waals surface area contributed by atoms with E-state index in [1.165, 1.54) is 4.88 Å². The first-order chi connectivity index (χ1) is 9.58. The fourth-order valence-corrected chi connectivity index (χ4v) is 3.60. The summed E-state index contributed by atoms with van der Waals surface area (Å²) in [5.41, 5.74) is 4.96. The van der Waals surface area contributed by atoms with Crippen molar-refractivity contribution < 1.29 is 10.0 Å². The Morgan fingerprint density at radius 3 is 2.70 bits per heavy atom. The predicted molar refractivity (Wildman–Crippen MR) is 79.8 cm³/mol. The van der Waals surface area contributed by atoms with Crippen molar-refractivity contribution in [1.82, 2.24) is 5.32 Å². The Hall–Kier alpha value is -1.56. The molecule has 1 saturated carbocycles. The first-order valence-corrected chi connectivity index (χ1v) is 7.72. The van der Waals surface area contributed by atoms with E-state index < -0.39 is 5.41 Å². The minimum atomic E-state index is -0.834. The van der Waals surface area contributed by atoms with Crippen LogP contribution < -0.4 is 11.1 Å². The van der Waals surface area contributed by atoms with Crippen LogP contribution >= 0.6 is 11.3 Å². The third-order valence-electron chi connectivity index (χ3n) is 3.96. The van der Waals surface area contributed by atoms with Crippen LogP contribution in [-0.2, 0) is 11.3 Å². The SMILES string of the molecule is Cc1ccc(CNC(=O)C2(C(N)=NO)CCCCC2)s1. The van der Waals surface area contributed by atoms with Gasteiger partial charge in [-0.15, -0.1) is 11.3 Å². The number of nitrogens with one attached hydrogen (secondary N) is 1. The van der Waals surface area contributed by atoms with Crippen LogP contribution in [0.1, 0.15) is 41.9 Å². The lowest BCUT2D eigenvalue weighted by Gasteiger charge is -2.34. The van der Waals surface area contributed by atoms with Crippen LogP contribution in [0.2, 0.25) is 0 Å². The van der Waals surface area contributed by atoms with E-state index in [4.69, 9.17) is 10.9 Å². The Morgan fingerprint density at radius 1 is 1.45 bits per heavy atom. The van der Waals surface area contributed by atoms with Gasteiger partial charge in [0, 0.05) is 9.75 Å². The number of aryl methyl sites for hydroxylation is 1. The van der Waals surface area contributed by atoms with Gasteiger partial charge in [0.05, 0.1) is 6.54 Å². The fraction of sp³-hybridized carbons (Fsp3) is 0.571. The standard InChI is InChI=1S/C14H21N3O2S/c1-10-5-6-11(20-10)9-16-13(18)14(12(15)17-19)7-3-2-4-8-14/h5-6,19H,2-4,7-9H2,1H3,(H2,15,17)(H,16,18). The second kappa shape index (κ2) is 6.26. The van der Waals surface area contributed by atoms with E-state index in [1.54, 1.807) is 11.3 Å². The summed E-state index contributed by atoms with van der Waals surface area (Å²) in [5.74, 6) is -0.0874. The predicted octanol–water partition coefficient (Wildman–Crippen LogP) is 2.37. The third kappa shape index (κ3) is 2.95. The number of hydrogen-bond acceptors (Lipinski definition) is 4. The molecule has 5 nitrogen and oxygen atoms in total. The number of carbonyl (C=O) groups excluding carboxylic acids is 1. The Morgan fingerprint density at radius 2 is 2.15 bits per heavy atom. The molecule has 1 aromatic heterocycles. The molecule has 0 radical (unpaired) electrons. The minimum absolute atomic E-state index is 0.0389. The minimum Gasteiger partial charge on any atom is -0.409 e. The smallest absolute Gasteiger partial charge is 0.234 e. The zero-order valence-electron chi connectivity index (χ0n) is 11.7. The maximum absolute atomic E-state index is 12.5. The highest BCUT2D eigenvalue weighted by atomic mass is 32.1. The van der Waals surface area contributed by atoms with Gasteiger partial charge in [-0.2, -0.15) is 0 Å². The number of rotatable bonds is 4. The number of oxime groups is 1. The molecule has 0 atom stereocenters. The highest BCUT2D eigenvalue weighted by Gasteiger charge is 2.43. The van der Waals surface area contributed by atoms with Crippen molar-refractivity contribution in [3.63, 3.8) is 0 Å². The first-order valence-electron chi connectivity index (χ1n) is 6.90. The number of hydrogen-bond donors (Lipinski definition) is 3. The van der Waals surface area contributed by atoms with Crippen LogP contribution in [0.4, 0.5) is 0 Å². The van der Waals surface area contributed by atoms with Crippen LogP contribution in [-0.4, -0.2) is 17.0 Å². The molecule has 0 saturated heterocycles. The molecule has 1 fully saturated rings. The van der Waals surface area contributed by atoms with E-state index in [-0.39, 0.29) is 11.7 Å². The van der Waals surface area contributed by atoms with Crippen molar-refractivity contribution in [2.24, 2.45) is 16.3 Å². The summed E-state index contributed by atoms with van der Waals surface area (Å²) in [4.78, 5) is 14.9. The Balaban J connectivity index is 2.07. The first kappa shape index (κ1) is 14.8. The zero-order valence-corrected chi connectivity index (χ0v) is 12.5. The lowest BCUT2D eigenvalue weighted by atomic mass is 9.72. The van der Waals surface area contributed by atoms with Gasteiger partial charge in [0.1, 0.15) is 5.41 Å². The normalized spacial score (nSPS) is 18.8. The highest BCUT2D eigenvalue weighted by Crippen LogP contribution is 2.37. The summed E-state index contributed by atoms with van der Waals surface area (Å²) in [7, 11) is 0. The van der Waals surface area contributed by atoms with Crippen molar-refractivity contribution >= 4 is 23.1 Å². The molecule has 4 N–H and O–H groups in total. The molecule has 2 rings (SSSR count). The molecule has 0 unspecified atom stereocenters. The van der Waals surface area contributed by atoms with Gasteiger partial charge < -0.3 is 16.3 Å². The summed E-state index contributed by atoms with van der Waals surface area (Å²) >= 11 is 1.66. The lowest BCUT2D eigenvalue weighted by Crippen LogP contribution is -2.50. The van der Waals surface area contributed by atoms with Crippen LogP contribution in [0, 0.1) is 12.3 Å². The number of nitrogens with two attached hydrogens (primary N) is 1. The van der Waals surface area contributed by atoms with Gasteiger partial charge in [0.25, 0.3) is 0 Å². The molecule has 6 heteroatoms. The molecule has 0 spiro atoms. The topological polar surface area (TPSA) is 87.7 Å². The van der Waals surface area contributed by atoms with Gasteiger partial charge in [-0.3, -0.25) is 4.79 Å². The largest absolute Gasteiger partial charge is 0.409 e. The Labute approximate surface area is 122 Å². The maximum Gasteiger partial charge on any atom is 0.234 e. The molecule has 1 aliphatic rings. The third-order valence-corrected chi connectivity index (χ3v) is 4.96. The molecule has 1 heterocycles. The average molecular weight is 295 g/mol. The van der Waals surface area contributed by atoms with Crippen molar-refractivity contribution in [1.29, 1.82) is 0 Å². The van der Waals surface area contributed by atoms with Crippen molar-refractivity contribution in [2.45, 2.75) is 45.6 Å². The molecule has 1 aromatic rings. The molecule has 1 amide bonds. The van der Waals surface area contributed by atoms with Crippen LogP contribution in [0.3, 0.4) is 0 Å². The van der Waals surface area contributed by atoms with E-state index in [9.17, 15) is 4.79 Å². The highest BCUT2D eigenvalue weighted by molar-refractivity contribution is 7.11. The van der Waals surface area contributed by atoms with Crippen molar-refractivity contribution in [2.75, 3.05) is 0 Å². The van der Waals surface area contributed by atoms with E-state index >= 15 is 0 Å². The number of amidine groups is 1. The molecule has 1 aliphatic carbocycles. The quantitative estimate of drug-likeness (QED) is 0.345. The molecule has 0 aliphatic heterocycles. The number of carbonyl (C=O) groups is 1. The van der Waals surface area contributed by atoms with Crippen LogP contribution in [0.5, 0.6) is 0 Å². The van der Waals surface area contributed by atoms with Crippen molar-refractivity contribution in [3.05, 3.63) is 21.9 Å². The lowest BCUT2D eigenvalue weighted by molar-refractivity contribution is -0.129. The van der Waals surface area contributed by atoms with Crippen LogP contribution in [0.15, 0.2) is 17.3 Å². The molecule has 0 aromatic carbocycles. The van der Waals surface area contributed by atoms with Gasteiger partial charge in [-0.1, -0.05) is 24.4 Å². The van der Waals surface area contributed by atoms with Gasteiger partial charge >= 0.3 is 0 Å². The fourth-order valence-electron chi connectivity index (χ4n) is 2.77. The van der Waals surface area contributed by atoms with Gasteiger partial charge in [0.15, 0.2) is 5.84 Å². The zero-order chi connectivity index (χ0) is 14.6. The molecule has 110 valence electrons.